The van der Waals surface area contributed by atoms with Crippen LogP contribution in [-0.4, -0.2) is 30.0 Å². The molecule has 1 heterocycles. The maximum absolute atomic E-state index is 5.91. The maximum Gasteiger partial charge on any atom is 0.0725 e. The highest BCUT2D eigenvalue weighted by molar-refractivity contribution is 5.83. The van der Waals surface area contributed by atoms with Crippen molar-refractivity contribution in [3.05, 3.63) is 36.2 Å². The molecule has 0 spiro atoms. The zero-order chi connectivity index (χ0) is 11.4. The largest absolute Gasteiger partial charge is 0.383 e. The first kappa shape index (κ1) is 11.0. The van der Waals surface area contributed by atoms with Crippen LogP contribution in [-0.2, 0) is 11.2 Å². The molecule has 1 unspecified atom stereocenters. The Kier molecular flexibility index (Phi) is 3.44. The summed E-state index contributed by atoms with van der Waals surface area (Å²) in [5.74, 6) is 0. The van der Waals surface area contributed by atoms with Crippen molar-refractivity contribution in [1.82, 2.24) is 10.2 Å². The molecule has 2 aromatic rings. The van der Waals surface area contributed by atoms with Crippen LogP contribution in [0.25, 0.3) is 10.8 Å². The molecule has 0 aliphatic heterocycles. The number of rotatable bonds is 4. The summed E-state index contributed by atoms with van der Waals surface area (Å²) in [5.41, 5.74) is 6.85. The first-order valence-corrected chi connectivity index (χ1v) is 5.25. The molecule has 1 atom stereocenters. The van der Waals surface area contributed by atoms with Gasteiger partial charge in [0.1, 0.15) is 0 Å². The average Bonchev–Trinajstić information content (AvgIpc) is 2.30. The summed E-state index contributed by atoms with van der Waals surface area (Å²) in [6.45, 7) is 0.533. The number of aromatic nitrogens is 2. The summed E-state index contributed by atoms with van der Waals surface area (Å²) >= 11 is 0. The number of nitrogens with zero attached hydrogens (tertiary/aromatic N) is 2. The highest BCUT2D eigenvalue weighted by atomic mass is 16.5. The van der Waals surface area contributed by atoms with Crippen LogP contribution >= 0.6 is 0 Å². The molecule has 0 fully saturated rings. The second kappa shape index (κ2) is 5.01. The summed E-state index contributed by atoms with van der Waals surface area (Å²) < 4.78 is 5.01. The van der Waals surface area contributed by atoms with E-state index in [1.54, 1.807) is 13.3 Å². The normalized spacial score (nSPS) is 12.9. The lowest BCUT2D eigenvalue weighted by atomic mass is 10.1. The van der Waals surface area contributed by atoms with Crippen LogP contribution in [0.3, 0.4) is 0 Å². The molecule has 4 heteroatoms. The number of methoxy groups -OCH3 is 1. The average molecular weight is 217 g/mol. The fourth-order valence-electron chi connectivity index (χ4n) is 1.76. The molecule has 0 bridgehead atoms. The van der Waals surface area contributed by atoms with Crippen LogP contribution in [0.2, 0.25) is 0 Å². The van der Waals surface area contributed by atoms with Crippen molar-refractivity contribution in [2.45, 2.75) is 12.5 Å². The molecule has 0 saturated carbocycles. The van der Waals surface area contributed by atoms with E-state index in [9.17, 15) is 0 Å². The molecular weight excluding hydrogens is 202 g/mol. The van der Waals surface area contributed by atoms with Gasteiger partial charge in [-0.1, -0.05) is 24.3 Å². The molecule has 0 aliphatic rings. The van der Waals surface area contributed by atoms with Gasteiger partial charge in [-0.2, -0.15) is 10.2 Å². The molecule has 0 radical (unpaired) electrons. The number of nitrogens with two attached hydrogens (primary N) is 1. The third kappa shape index (κ3) is 2.35. The molecule has 16 heavy (non-hydrogen) atoms. The molecule has 0 amide bonds. The second-order valence-electron chi connectivity index (χ2n) is 3.80. The second-order valence-corrected chi connectivity index (χ2v) is 3.80. The first-order valence-electron chi connectivity index (χ1n) is 5.25. The summed E-state index contributed by atoms with van der Waals surface area (Å²) in [4.78, 5) is 0. The molecule has 2 rings (SSSR count). The van der Waals surface area contributed by atoms with E-state index in [4.69, 9.17) is 10.5 Å². The lowest BCUT2D eigenvalue weighted by molar-refractivity contribution is 0.179. The Morgan fingerprint density at radius 1 is 1.38 bits per heavy atom. The Bertz CT molecular complexity index is 467. The predicted molar refractivity (Wildman–Crippen MR) is 63.1 cm³/mol. The van der Waals surface area contributed by atoms with Gasteiger partial charge in [0.05, 0.1) is 18.5 Å². The van der Waals surface area contributed by atoms with Gasteiger partial charge in [0.2, 0.25) is 0 Å². The third-order valence-corrected chi connectivity index (χ3v) is 2.48. The predicted octanol–water partition coefficient (Wildman–Crippen LogP) is 1.15. The smallest absolute Gasteiger partial charge is 0.0725 e. The van der Waals surface area contributed by atoms with Crippen molar-refractivity contribution >= 4 is 10.8 Å². The molecule has 0 aliphatic carbocycles. The fourth-order valence-corrected chi connectivity index (χ4v) is 1.76. The monoisotopic (exact) mass is 217 g/mol. The van der Waals surface area contributed by atoms with E-state index in [1.165, 1.54) is 0 Å². The summed E-state index contributed by atoms with van der Waals surface area (Å²) in [5, 5.41) is 10.3. The molecule has 0 saturated heterocycles. The Morgan fingerprint density at radius 2 is 2.19 bits per heavy atom. The van der Waals surface area contributed by atoms with E-state index in [0.717, 1.165) is 16.5 Å². The summed E-state index contributed by atoms with van der Waals surface area (Å²) in [6, 6.07) is 8.01. The van der Waals surface area contributed by atoms with Gasteiger partial charge in [-0.3, -0.25) is 0 Å². The lowest BCUT2D eigenvalue weighted by Gasteiger charge is -2.10. The van der Waals surface area contributed by atoms with E-state index in [1.807, 2.05) is 24.3 Å². The number of benzene rings is 1. The molecule has 2 N–H and O–H groups in total. The lowest BCUT2D eigenvalue weighted by Crippen LogP contribution is -2.28. The minimum atomic E-state index is -0.0369. The van der Waals surface area contributed by atoms with Crippen LogP contribution in [0, 0.1) is 0 Å². The first-order chi connectivity index (χ1) is 7.81. The van der Waals surface area contributed by atoms with Gasteiger partial charge in [0.15, 0.2) is 0 Å². The highest BCUT2D eigenvalue weighted by Crippen LogP contribution is 2.15. The van der Waals surface area contributed by atoms with Crippen molar-refractivity contribution in [2.24, 2.45) is 5.73 Å². The van der Waals surface area contributed by atoms with Crippen molar-refractivity contribution in [1.29, 1.82) is 0 Å². The Morgan fingerprint density at radius 3 is 3.00 bits per heavy atom. The van der Waals surface area contributed by atoms with Gasteiger partial charge < -0.3 is 10.5 Å². The van der Waals surface area contributed by atoms with Gasteiger partial charge in [0, 0.05) is 30.3 Å². The Labute approximate surface area is 94.4 Å². The van der Waals surface area contributed by atoms with Crippen molar-refractivity contribution in [2.75, 3.05) is 13.7 Å². The minimum Gasteiger partial charge on any atom is -0.383 e. The number of hydrogen-bond acceptors (Lipinski definition) is 4. The van der Waals surface area contributed by atoms with E-state index in [-0.39, 0.29) is 6.04 Å². The third-order valence-electron chi connectivity index (χ3n) is 2.48. The topological polar surface area (TPSA) is 61.0 Å². The molecule has 84 valence electrons. The van der Waals surface area contributed by atoms with E-state index in [0.29, 0.717) is 13.0 Å². The van der Waals surface area contributed by atoms with Crippen LogP contribution in [0.1, 0.15) is 5.69 Å². The summed E-state index contributed by atoms with van der Waals surface area (Å²) in [6.07, 6.45) is 2.45. The van der Waals surface area contributed by atoms with E-state index < -0.39 is 0 Å². The Balaban J connectivity index is 2.30. The fraction of sp³-hybridized carbons (Fsp3) is 0.333. The van der Waals surface area contributed by atoms with Gasteiger partial charge >= 0.3 is 0 Å². The van der Waals surface area contributed by atoms with Crippen molar-refractivity contribution in [3.63, 3.8) is 0 Å². The molecule has 1 aromatic heterocycles. The van der Waals surface area contributed by atoms with Gasteiger partial charge in [-0.05, 0) is 0 Å². The van der Waals surface area contributed by atoms with Gasteiger partial charge in [-0.15, -0.1) is 0 Å². The number of hydrogen-bond donors (Lipinski definition) is 1. The maximum atomic E-state index is 5.91. The van der Waals surface area contributed by atoms with Crippen molar-refractivity contribution in [3.8, 4) is 0 Å². The zero-order valence-corrected chi connectivity index (χ0v) is 9.26. The van der Waals surface area contributed by atoms with E-state index in [2.05, 4.69) is 10.2 Å². The van der Waals surface area contributed by atoms with Crippen LogP contribution in [0.5, 0.6) is 0 Å². The SMILES string of the molecule is COCC(N)Cc1nncc2ccccc12. The quantitative estimate of drug-likeness (QED) is 0.834. The molecular formula is C12H15N3O. The van der Waals surface area contributed by atoms with Crippen molar-refractivity contribution < 1.29 is 4.74 Å². The number of ether oxygens (including phenoxy) is 1. The minimum absolute atomic E-state index is 0.0369. The van der Waals surface area contributed by atoms with Crippen LogP contribution in [0.4, 0.5) is 0 Å². The Hall–Kier alpha value is -1.52. The van der Waals surface area contributed by atoms with E-state index >= 15 is 0 Å². The molecule has 4 nitrogen and oxygen atoms in total. The molecule has 1 aromatic carbocycles. The standard InChI is InChI=1S/C12H15N3O/c1-16-8-10(13)6-12-11-5-3-2-4-9(11)7-14-15-12/h2-5,7,10H,6,8,13H2,1H3. The summed E-state index contributed by atoms with van der Waals surface area (Å²) in [7, 11) is 1.65. The van der Waals surface area contributed by atoms with Crippen LogP contribution in [0.15, 0.2) is 30.5 Å². The zero-order valence-electron chi connectivity index (χ0n) is 9.26. The number of fused-ring (bicyclic) bond motifs is 1. The van der Waals surface area contributed by atoms with Crippen LogP contribution < -0.4 is 5.73 Å². The van der Waals surface area contributed by atoms with Gasteiger partial charge in [0.25, 0.3) is 0 Å². The van der Waals surface area contributed by atoms with Gasteiger partial charge in [-0.25, -0.2) is 0 Å². The highest BCUT2D eigenvalue weighted by Gasteiger charge is 2.08.